The molecule has 1 fully saturated rings. The quantitative estimate of drug-likeness (QED) is 0.610. The van der Waals surface area contributed by atoms with Crippen molar-refractivity contribution in [3.05, 3.63) is 29.6 Å². The Balaban J connectivity index is 1.85. The third-order valence-corrected chi connectivity index (χ3v) is 3.63. The summed E-state index contributed by atoms with van der Waals surface area (Å²) in [7, 11) is 0. The molecule has 2 amide bonds. The van der Waals surface area contributed by atoms with Crippen molar-refractivity contribution < 1.29 is 10.0 Å². The number of hydroxylamine groups is 2. The Bertz CT molecular complexity index is 433. The minimum Gasteiger partial charge on any atom is -0.350 e. The fourth-order valence-corrected chi connectivity index (χ4v) is 2.31. The van der Waals surface area contributed by atoms with Crippen molar-refractivity contribution in [3.63, 3.8) is 0 Å². The van der Waals surface area contributed by atoms with Gasteiger partial charge in [0.1, 0.15) is 0 Å². The Morgan fingerprint density at radius 3 is 2.95 bits per heavy atom. The maximum atomic E-state index is 10.7. The average molecular weight is 263 g/mol. The van der Waals surface area contributed by atoms with Crippen molar-refractivity contribution in [3.8, 4) is 0 Å². The van der Waals surface area contributed by atoms with Crippen LogP contribution in [0.2, 0.25) is 0 Å². The van der Waals surface area contributed by atoms with E-state index in [4.69, 9.17) is 5.73 Å². The van der Waals surface area contributed by atoms with Gasteiger partial charge in [0.2, 0.25) is 0 Å². The fourth-order valence-electron chi connectivity index (χ4n) is 2.31. The van der Waals surface area contributed by atoms with Gasteiger partial charge in [-0.2, -0.15) is 0 Å². The first kappa shape index (κ1) is 13.8. The molecule has 1 aliphatic rings. The number of nitrogens with zero attached hydrogens (tertiary/aromatic N) is 2. The standard InChI is InChI=1S/C14H21N3O2/c1-2-3-4-10-5-6-13(16-8-10)12-7-11(12)9-17(19)14(15)18/h5-6,8,11-12,19H,2-4,7,9H2,1H3,(H2,15,18). The maximum absolute atomic E-state index is 10.7. The van der Waals surface area contributed by atoms with Crippen LogP contribution in [0.4, 0.5) is 4.79 Å². The number of carbonyl (C=O) groups excluding carboxylic acids is 1. The van der Waals surface area contributed by atoms with Gasteiger partial charge in [-0.3, -0.25) is 10.2 Å². The molecule has 0 aromatic carbocycles. The number of amides is 2. The van der Waals surface area contributed by atoms with Crippen molar-refractivity contribution in [2.75, 3.05) is 6.54 Å². The van der Waals surface area contributed by atoms with Crippen LogP contribution in [0.25, 0.3) is 0 Å². The molecule has 19 heavy (non-hydrogen) atoms. The number of urea groups is 1. The molecular formula is C14H21N3O2. The van der Waals surface area contributed by atoms with Crippen LogP contribution in [0.15, 0.2) is 18.3 Å². The smallest absolute Gasteiger partial charge is 0.338 e. The van der Waals surface area contributed by atoms with Gasteiger partial charge in [0, 0.05) is 17.8 Å². The number of rotatable bonds is 6. The minimum absolute atomic E-state index is 0.270. The van der Waals surface area contributed by atoms with Gasteiger partial charge in [-0.25, -0.2) is 9.86 Å². The number of aryl methyl sites for hydroxylation is 1. The number of hydrogen-bond acceptors (Lipinski definition) is 3. The van der Waals surface area contributed by atoms with E-state index in [1.165, 1.54) is 18.4 Å². The normalized spacial score (nSPS) is 21.2. The Hall–Kier alpha value is -1.62. The minimum atomic E-state index is -0.798. The molecule has 5 nitrogen and oxygen atoms in total. The van der Waals surface area contributed by atoms with Gasteiger partial charge in [0.15, 0.2) is 0 Å². The molecule has 2 atom stereocenters. The molecule has 5 heteroatoms. The van der Waals surface area contributed by atoms with Gasteiger partial charge < -0.3 is 5.73 Å². The average Bonchev–Trinajstić information content (AvgIpc) is 3.16. The van der Waals surface area contributed by atoms with E-state index in [0.29, 0.717) is 17.5 Å². The van der Waals surface area contributed by atoms with Crippen LogP contribution in [0.1, 0.15) is 43.4 Å². The first-order valence-corrected chi connectivity index (χ1v) is 6.82. The van der Waals surface area contributed by atoms with E-state index in [-0.39, 0.29) is 5.92 Å². The fraction of sp³-hybridized carbons (Fsp3) is 0.571. The summed E-state index contributed by atoms with van der Waals surface area (Å²) in [5.74, 6) is 0.612. The Morgan fingerprint density at radius 2 is 2.37 bits per heavy atom. The van der Waals surface area contributed by atoms with Gasteiger partial charge in [-0.1, -0.05) is 19.4 Å². The zero-order chi connectivity index (χ0) is 13.8. The Morgan fingerprint density at radius 1 is 1.58 bits per heavy atom. The van der Waals surface area contributed by atoms with E-state index in [1.54, 1.807) is 0 Å². The number of hydrogen-bond donors (Lipinski definition) is 2. The van der Waals surface area contributed by atoms with Gasteiger partial charge in [0.25, 0.3) is 0 Å². The number of carbonyl (C=O) groups is 1. The first-order chi connectivity index (χ1) is 9.11. The second-order valence-electron chi connectivity index (χ2n) is 5.22. The molecule has 0 bridgehead atoms. The predicted octanol–water partition coefficient (Wildman–Crippen LogP) is 2.30. The topological polar surface area (TPSA) is 79.5 Å². The highest BCUT2D eigenvalue weighted by molar-refractivity contribution is 5.70. The molecule has 2 rings (SSSR count). The number of unbranched alkanes of at least 4 members (excludes halogenated alkanes) is 1. The highest BCUT2D eigenvalue weighted by atomic mass is 16.5. The van der Waals surface area contributed by atoms with Crippen LogP contribution in [0.5, 0.6) is 0 Å². The molecule has 0 spiro atoms. The van der Waals surface area contributed by atoms with Crippen molar-refractivity contribution in [2.24, 2.45) is 11.7 Å². The van der Waals surface area contributed by atoms with E-state index in [1.807, 2.05) is 6.20 Å². The summed E-state index contributed by atoms with van der Waals surface area (Å²) < 4.78 is 0. The zero-order valence-electron chi connectivity index (χ0n) is 11.2. The van der Waals surface area contributed by atoms with Crippen LogP contribution in [0, 0.1) is 5.92 Å². The summed E-state index contributed by atoms with van der Waals surface area (Å²) in [6.45, 7) is 2.47. The maximum Gasteiger partial charge on any atom is 0.338 e. The van der Waals surface area contributed by atoms with Gasteiger partial charge in [0.05, 0.1) is 6.54 Å². The van der Waals surface area contributed by atoms with Crippen LogP contribution in [0.3, 0.4) is 0 Å². The van der Waals surface area contributed by atoms with E-state index in [0.717, 1.165) is 18.5 Å². The summed E-state index contributed by atoms with van der Waals surface area (Å²) in [5, 5.41) is 9.86. The lowest BCUT2D eigenvalue weighted by Gasteiger charge is -2.11. The Labute approximate surface area is 113 Å². The lowest BCUT2D eigenvalue weighted by atomic mass is 10.1. The molecule has 1 aromatic rings. The summed E-state index contributed by atoms with van der Waals surface area (Å²) in [4.78, 5) is 15.2. The SMILES string of the molecule is CCCCc1ccc(C2CC2CN(O)C(N)=O)nc1. The van der Waals surface area contributed by atoms with Crippen molar-refractivity contribution in [1.82, 2.24) is 10.0 Å². The molecular weight excluding hydrogens is 242 g/mol. The number of primary amides is 1. The molecule has 3 N–H and O–H groups in total. The van der Waals surface area contributed by atoms with Gasteiger partial charge in [-0.05, 0) is 36.8 Å². The van der Waals surface area contributed by atoms with E-state index < -0.39 is 6.03 Å². The van der Waals surface area contributed by atoms with Gasteiger partial charge in [-0.15, -0.1) is 0 Å². The number of aromatic nitrogens is 1. The molecule has 0 aliphatic heterocycles. The van der Waals surface area contributed by atoms with Crippen molar-refractivity contribution in [1.29, 1.82) is 0 Å². The summed E-state index contributed by atoms with van der Waals surface area (Å²) in [6, 6.07) is 3.38. The molecule has 2 unspecified atom stereocenters. The van der Waals surface area contributed by atoms with E-state index in [2.05, 4.69) is 24.0 Å². The molecule has 0 radical (unpaired) electrons. The van der Waals surface area contributed by atoms with Crippen LogP contribution in [-0.4, -0.2) is 27.8 Å². The molecule has 1 aliphatic carbocycles. The molecule has 104 valence electrons. The predicted molar refractivity (Wildman–Crippen MR) is 71.8 cm³/mol. The lowest BCUT2D eigenvalue weighted by Crippen LogP contribution is -2.34. The monoisotopic (exact) mass is 263 g/mol. The third-order valence-electron chi connectivity index (χ3n) is 3.63. The molecule has 1 saturated carbocycles. The Kier molecular flexibility index (Phi) is 4.37. The molecule has 1 aromatic heterocycles. The highest BCUT2D eigenvalue weighted by Gasteiger charge is 2.40. The largest absolute Gasteiger partial charge is 0.350 e. The van der Waals surface area contributed by atoms with E-state index >= 15 is 0 Å². The number of pyridine rings is 1. The molecule has 1 heterocycles. The van der Waals surface area contributed by atoms with Crippen LogP contribution in [-0.2, 0) is 6.42 Å². The summed E-state index contributed by atoms with van der Waals surface area (Å²) in [5.41, 5.74) is 7.30. The summed E-state index contributed by atoms with van der Waals surface area (Å²) >= 11 is 0. The number of nitrogens with two attached hydrogens (primary N) is 1. The highest BCUT2D eigenvalue weighted by Crippen LogP contribution is 2.46. The summed E-state index contributed by atoms with van der Waals surface area (Å²) in [6.07, 6.45) is 6.33. The zero-order valence-corrected chi connectivity index (χ0v) is 11.2. The molecule has 0 saturated heterocycles. The van der Waals surface area contributed by atoms with Crippen molar-refractivity contribution in [2.45, 2.75) is 38.5 Å². The van der Waals surface area contributed by atoms with Crippen LogP contribution < -0.4 is 5.73 Å². The van der Waals surface area contributed by atoms with Crippen LogP contribution >= 0.6 is 0 Å². The van der Waals surface area contributed by atoms with E-state index in [9.17, 15) is 10.0 Å². The van der Waals surface area contributed by atoms with Gasteiger partial charge >= 0.3 is 6.03 Å². The lowest BCUT2D eigenvalue weighted by molar-refractivity contribution is -0.0432. The van der Waals surface area contributed by atoms with Crippen molar-refractivity contribution >= 4 is 6.03 Å². The second-order valence-corrected chi connectivity index (χ2v) is 5.22. The first-order valence-electron chi connectivity index (χ1n) is 6.82. The third kappa shape index (κ3) is 3.67. The second kappa shape index (κ2) is 6.02.